The van der Waals surface area contributed by atoms with Crippen LogP contribution in [-0.2, 0) is 14.3 Å². The molecule has 0 bridgehead atoms. The summed E-state index contributed by atoms with van der Waals surface area (Å²) in [7, 11) is 0. The van der Waals surface area contributed by atoms with E-state index in [-0.39, 0.29) is 29.7 Å². The van der Waals surface area contributed by atoms with Crippen molar-refractivity contribution in [3.8, 4) is 0 Å². The molecule has 2 fully saturated rings. The highest BCUT2D eigenvalue weighted by Gasteiger charge is 2.59. The van der Waals surface area contributed by atoms with Crippen LogP contribution in [-0.4, -0.2) is 17.9 Å². The van der Waals surface area contributed by atoms with Crippen LogP contribution in [0.4, 0.5) is 0 Å². The maximum atomic E-state index is 12.3. The average Bonchev–Trinajstić information content (AvgIpc) is 2.75. The van der Waals surface area contributed by atoms with Gasteiger partial charge in [-0.15, -0.1) is 0 Å². The van der Waals surface area contributed by atoms with Gasteiger partial charge in [0.15, 0.2) is 5.78 Å². The number of hydrogen-bond acceptors (Lipinski definition) is 3. The van der Waals surface area contributed by atoms with Crippen LogP contribution in [0.15, 0.2) is 24.3 Å². The van der Waals surface area contributed by atoms with Crippen molar-refractivity contribution in [1.82, 2.24) is 0 Å². The molecular weight excluding hydrogens is 228 g/mol. The first-order valence-electron chi connectivity index (χ1n) is 6.58. The van der Waals surface area contributed by atoms with Crippen molar-refractivity contribution in [2.24, 2.45) is 23.2 Å². The number of ketones is 1. The molecule has 3 rings (SSSR count). The topological polar surface area (TPSA) is 43.4 Å². The second kappa shape index (κ2) is 3.56. The van der Waals surface area contributed by atoms with Crippen LogP contribution in [0.1, 0.15) is 26.7 Å². The van der Waals surface area contributed by atoms with E-state index in [4.69, 9.17) is 4.74 Å². The molecule has 0 radical (unpaired) electrons. The summed E-state index contributed by atoms with van der Waals surface area (Å²) in [5.74, 6) is 0.408. The van der Waals surface area contributed by atoms with Gasteiger partial charge in [0.1, 0.15) is 6.10 Å². The number of allylic oxidation sites excluding steroid dienone is 2. The molecule has 3 aliphatic rings. The summed E-state index contributed by atoms with van der Waals surface area (Å²) < 4.78 is 5.49. The molecule has 1 heterocycles. The SMILES string of the molecule is C=C1C(=O)O[C@H]2[C@H]1CC[C@H](C)[C@H]1C=CC(=O)[C@@]12C. The second-order valence-corrected chi connectivity index (χ2v) is 6.04. The zero-order chi connectivity index (χ0) is 13.1. The lowest BCUT2D eigenvalue weighted by molar-refractivity contribution is -0.150. The first-order valence-corrected chi connectivity index (χ1v) is 6.58. The summed E-state index contributed by atoms with van der Waals surface area (Å²) in [4.78, 5) is 24.0. The van der Waals surface area contributed by atoms with Crippen molar-refractivity contribution in [2.75, 3.05) is 0 Å². The van der Waals surface area contributed by atoms with Gasteiger partial charge in [0.2, 0.25) is 0 Å². The van der Waals surface area contributed by atoms with Crippen molar-refractivity contribution in [2.45, 2.75) is 32.8 Å². The van der Waals surface area contributed by atoms with Gasteiger partial charge in [0.05, 0.1) is 5.41 Å². The van der Waals surface area contributed by atoms with Crippen molar-refractivity contribution in [1.29, 1.82) is 0 Å². The van der Waals surface area contributed by atoms with E-state index >= 15 is 0 Å². The number of carbonyl (C=O) groups is 2. The van der Waals surface area contributed by atoms with E-state index in [1.807, 2.05) is 13.0 Å². The monoisotopic (exact) mass is 246 g/mol. The summed E-state index contributed by atoms with van der Waals surface area (Å²) in [6.45, 7) is 7.98. The summed E-state index contributed by atoms with van der Waals surface area (Å²) >= 11 is 0. The molecule has 5 atom stereocenters. The van der Waals surface area contributed by atoms with Gasteiger partial charge in [-0.25, -0.2) is 4.79 Å². The number of rotatable bonds is 0. The third kappa shape index (κ3) is 1.25. The molecule has 0 amide bonds. The zero-order valence-corrected chi connectivity index (χ0v) is 10.8. The van der Waals surface area contributed by atoms with Crippen LogP contribution >= 0.6 is 0 Å². The van der Waals surface area contributed by atoms with Gasteiger partial charge < -0.3 is 4.74 Å². The maximum Gasteiger partial charge on any atom is 0.334 e. The Hall–Kier alpha value is -1.38. The fourth-order valence-corrected chi connectivity index (χ4v) is 3.94. The van der Waals surface area contributed by atoms with Gasteiger partial charge >= 0.3 is 5.97 Å². The number of ether oxygens (including phenoxy) is 1. The van der Waals surface area contributed by atoms with E-state index < -0.39 is 5.41 Å². The quantitative estimate of drug-likeness (QED) is 0.486. The predicted octanol–water partition coefficient (Wildman–Crippen LogP) is 2.28. The standard InChI is InChI=1S/C15H18O3/c1-8-4-5-10-9(2)14(17)18-13(10)15(3)11(8)6-7-12(15)16/h6-8,10-11,13H,2,4-5H2,1,3H3/t8-,10-,11+,13-,15+/m0/s1. The molecule has 18 heavy (non-hydrogen) atoms. The molecule has 1 saturated carbocycles. The number of fused-ring (bicyclic) bond motifs is 3. The van der Waals surface area contributed by atoms with Gasteiger partial charge in [0, 0.05) is 11.5 Å². The zero-order valence-electron chi connectivity index (χ0n) is 10.8. The number of hydrogen-bond donors (Lipinski definition) is 0. The summed E-state index contributed by atoms with van der Waals surface area (Å²) in [5.41, 5.74) is -0.0378. The van der Waals surface area contributed by atoms with Gasteiger partial charge in [-0.2, -0.15) is 0 Å². The third-order valence-corrected chi connectivity index (χ3v) is 5.12. The van der Waals surface area contributed by atoms with Crippen molar-refractivity contribution >= 4 is 11.8 Å². The highest BCUT2D eigenvalue weighted by atomic mass is 16.6. The average molecular weight is 246 g/mol. The molecule has 2 aliphatic carbocycles. The van der Waals surface area contributed by atoms with Crippen LogP contribution in [0.25, 0.3) is 0 Å². The molecule has 0 spiro atoms. The lowest BCUT2D eigenvalue weighted by Gasteiger charge is -2.36. The highest BCUT2D eigenvalue weighted by molar-refractivity contribution is 6.00. The first kappa shape index (κ1) is 11.7. The van der Waals surface area contributed by atoms with Crippen molar-refractivity contribution < 1.29 is 14.3 Å². The fourth-order valence-electron chi connectivity index (χ4n) is 3.94. The van der Waals surface area contributed by atoms with E-state index in [0.29, 0.717) is 11.5 Å². The molecule has 3 nitrogen and oxygen atoms in total. The largest absolute Gasteiger partial charge is 0.457 e. The van der Waals surface area contributed by atoms with E-state index in [0.717, 1.165) is 12.8 Å². The van der Waals surface area contributed by atoms with E-state index in [1.165, 1.54) is 0 Å². The van der Waals surface area contributed by atoms with Crippen LogP contribution in [0, 0.1) is 23.2 Å². The van der Waals surface area contributed by atoms with E-state index in [9.17, 15) is 9.59 Å². The Morgan fingerprint density at radius 3 is 2.83 bits per heavy atom. The second-order valence-electron chi connectivity index (χ2n) is 6.04. The fraction of sp³-hybridized carbons (Fsp3) is 0.600. The molecule has 0 aromatic heterocycles. The molecule has 96 valence electrons. The van der Waals surface area contributed by atoms with E-state index in [1.54, 1.807) is 6.08 Å². The van der Waals surface area contributed by atoms with Crippen LogP contribution in [0.2, 0.25) is 0 Å². The summed E-state index contributed by atoms with van der Waals surface area (Å²) in [6, 6.07) is 0. The molecule has 1 aliphatic heterocycles. The Kier molecular flexibility index (Phi) is 2.31. The van der Waals surface area contributed by atoms with Gasteiger partial charge in [-0.05, 0) is 37.7 Å². The minimum absolute atomic E-state index is 0.0128. The Morgan fingerprint density at radius 2 is 2.11 bits per heavy atom. The minimum atomic E-state index is -0.588. The summed E-state index contributed by atoms with van der Waals surface area (Å²) in [5, 5.41) is 0. The Bertz CT molecular complexity index is 476. The molecule has 0 aromatic carbocycles. The third-order valence-electron chi connectivity index (χ3n) is 5.12. The normalized spacial score (nSPS) is 46.7. The minimum Gasteiger partial charge on any atom is -0.457 e. The first-order chi connectivity index (χ1) is 8.46. The van der Waals surface area contributed by atoms with Crippen LogP contribution in [0.5, 0.6) is 0 Å². The Labute approximate surface area is 107 Å². The Balaban J connectivity index is 2.08. The van der Waals surface area contributed by atoms with Crippen LogP contribution < -0.4 is 0 Å². The molecule has 0 aromatic rings. The number of esters is 1. The molecule has 0 unspecified atom stereocenters. The number of carbonyl (C=O) groups excluding carboxylic acids is 2. The summed E-state index contributed by atoms with van der Waals surface area (Å²) in [6.07, 6.45) is 5.25. The lowest BCUT2D eigenvalue weighted by atomic mass is 9.68. The smallest absolute Gasteiger partial charge is 0.334 e. The van der Waals surface area contributed by atoms with Gasteiger partial charge in [0.25, 0.3) is 0 Å². The van der Waals surface area contributed by atoms with Crippen molar-refractivity contribution in [3.05, 3.63) is 24.3 Å². The lowest BCUT2D eigenvalue weighted by Crippen LogP contribution is -2.45. The van der Waals surface area contributed by atoms with Crippen molar-refractivity contribution in [3.63, 3.8) is 0 Å². The molecule has 1 saturated heterocycles. The maximum absolute atomic E-state index is 12.3. The van der Waals surface area contributed by atoms with Gasteiger partial charge in [-0.1, -0.05) is 19.6 Å². The molecular formula is C15H18O3. The van der Waals surface area contributed by atoms with E-state index in [2.05, 4.69) is 13.5 Å². The molecule has 0 N–H and O–H groups in total. The highest BCUT2D eigenvalue weighted by Crippen LogP contribution is 2.54. The Morgan fingerprint density at radius 1 is 1.39 bits per heavy atom. The van der Waals surface area contributed by atoms with Gasteiger partial charge in [-0.3, -0.25) is 4.79 Å². The molecule has 3 heteroatoms. The van der Waals surface area contributed by atoms with Crippen LogP contribution in [0.3, 0.4) is 0 Å². The predicted molar refractivity (Wildman–Crippen MR) is 66.7 cm³/mol.